The SMILES string of the molecule is NCc1cc(O)no1.NCc1cc(O)no1.O.O. The molecule has 0 saturated heterocycles. The van der Waals surface area contributed by atoms with Crippen LogP contribution in [0.1, 0.15) is 11.5 Å². The summed E-state index contributed by atoms with van der Waals surface area (Å²) < 4.78 is 8.98. The van der Waals surface area contributed by atoms with Gasteiger partial charge in [0.1, 0.15) is 0 Å². The molecular weight excluding hydrogens is 248 g/mol. The van der Waals surface area contributed by atoms with Crippen LogP contribution in [0.25, 0.3) is 0 Å². The summed E-state index contributed by atoms with van der Waals surface area (Å²) in [6.07, 6.45) is 0. The first kappa shape index (κ1) is 18.2. The molecule has 2 heterocycles. The Morgan fingerprint density at radius 1 is 0.889 bits per heavy atom. The highest BCUT2D eigenvalue weighted by molar-refractivity contribution is 5.08. The molecule has 0 aromatic carbocycles. The van der Waals surface area contributed by atoms with Gasteiger partial charge in [0.2, 0.25) is 0 Å². The molecule has 18 heavy (non-hydrogen) atoms. The standard InChI is InChI=1S/2C4H6N2O2.2H2O/c2*5-2-3-1-4(7)6-8-3;;/h2*1H,2,5H2,(H,6,7);2*1H2. The lowest BCUT2D eigenvalue weighted by molar-refractivity contribution is 0.342. The Bertz CT molecular complexity index is 388. The molecular formula is C8H16N4O6. The molecule has 0 bridgehead atoms. The van der Waals surface area contributed by atoms with E-state index in [1.165, 1.54) is 12.1 Å². The van der Waals surface area contributed by atoms with Crippen molar-refractivity contribution in [1.82, 2.24) is 10.3 Å². The molecule has 0 aliphatic heterocycles. The zero-order valence-corrected chi connectivity index (χ0v) is 9.33. The maximum atomic E-state index is 8.52. The molecule has 2 aromatic rings. The fourth-order valence-electron chi connectivity index (χ4n) is 0.797. The van der Waals surface area contributed by atoms with Crippen molar-refractivity contribution in [3.63, 3.8) is 0 Å². The van der Waals surface area contributed by atoms with Crippen LogP contribution in [0.4, 0.5) is 0 Å². The molecule has 2 rings (SSSR count). The summed E-state index contributed by atoms with van der Waals surface area (Å²) in [5, 5.41) is 23.4. The van der Waals surface area contributed by atoms with Crippen molar-refractivity contribution in [2.75, 3.05) is 0 Å². The van der Waals surface area contributed by atoms with Gasteiger partial charge < -0.3 is 41.7 Å². The van der Waals surface area contributed by atoms with Gasteiger partial charge in [0, 0.05) is 12.1 Å². The quantitative estimate of drug-likeness (QED) is 0.476. The highest BCUT2D eigenvalue weighted by atomic mass is 16.5. The van der Waals surface area contributed by atoms with E-state index in [-0.39, 0.29) is 35.8 Å². The molecule has 2 aromatic heterocycles. The van der Waals surface area contributed by atoms with Crippen LogP contribution in [-0.2, 0) is 13.1 Å². The fourth-order valence-corrected chi connectivity index (χ4v) is 0.797. The average molecular weight is 264 g/mol. The minimum atomic E-state index is -0.120. The van der Waals surface area contributed by atoms with Gasteiger partial charge in [-0.25, -0.2) is 0 Å². The van der Waals surface area contributed by atoms with Gasteiger partial charge in [0.15, 0.2) is 11.5 Å². The van der Waals surface area contributed by atoms with Crippen LogP contribution in [0.2, 0.25) is 0 Å². The van der Waals surface area contributed by atoms with E-state index < -0.39 is 0 Å². The second-order valence-electron chi connectivity index (χ2n) is 2.71. The first-order valence-corrected chi connectivity index (χ1v) is 4.35. The summed E-state index contributed by atoms with van der Waals surface area (Å²) in [6.45, 7) is 0.543. The first-order chi connectivity index (χ1) is 7.65. The molecule has 10 heteroatoms. The van der Waals surface area contributed by atoms with E-state index in [1.807, 2.05) is 0 Å². The van der Waals surface area contributed by atoms with Crippen LogP contribution in [0.5, 0.6) is 11.8 Å². The summed E-state index contributed by atoms with van der Waals surface area (Å²) >= 11 is 0. The third kappa shape index (κ3) is 5.81. The maximum Gasteiger partial charge on any atom is 0.251 e. The molecule has 0 aliphatic carbocycles. The minimum Gasteiger partial charge on any atom is -0.491 e. The maximum absolute atomic E-state index is 8.52. The van der Waals surface area contributed by atoms with E-state index in [0.29, 0.717) is 11.5 Å². The zero-order chi connectivity index (χ0) is 12.0. The molecule has 10 nitrogen and oxygen atoms in total. The summed E-state index contributed by atoms with van der Waals surface area (Å²) in [5.74, 6) is 0.737. The molecule has 0 atom stereocenters. The fraction of sp³-hybridized carbons (Fsp3) is 0.250. The second-order valence-corrected chi connectivity index (χ2v) is 2.71. The number of nitrogens with zero attached hydrogens (tertiary/aromatic N) is 2. The predicted molar refractivity (Wildman–Crippen MR) is 59.3 cm³/mol. The molecule has 10 N–H and O–H groups in total. The molecule has 0 spiro atoms. The van der Waals surface area contributed by atoms with Crippen LogP contribution < -0.4 is 11.5 Å². The van der Waals surface area contributed by atoms with E-state index in [0.717, 1.165) is 0 Å². The Balaban J connectivity index is 0. The average Bonchev–Trinajstić information content (AvgIpc) is 2.88. The monoisotopic (exact) mass is 264 g/mol. The third-order valence-electron chi connectivity index (χ3n) is 1.50. The van der Waals surface area contributed by atoms with Crippen LogP contribution in [0, 0.1) is 0 Å². The van der Waals surface area contributed by atoms with E-state index in [2.05, 4.69) is 19.4 Å². The van der Waals surface area contributed by atoms with Crippen molar-refractivity contribution in [1.29, 1.82) is 0 Å². The van der Waals surface area contributed by atoms with Gasteiger partial charge in [-0.3, -0.25) is 0 Å². The van der Waals surface area contributed by atoms with Crippen molar-refractivity contribution in [2.45, 2.75) is 13.1 Å². The number of nitrogens with two attached hydrogens (primary N) is 2. The number of hydrogen-bond donors (Lipinski definition) is 4. The minimum absolute atomic E-state index is 0. The summed E-state index contributed by atoms with van der Waals surface area (Å²) in [4.78, 5) is 0. The number of aromatic hydroxyl groups is 2. The van der Waals surface area contributed by atoms with Gasteiger partial charge in [-0.05, 0) is 10.3 Å². The van der Waals surface area contributed by atoms with Gasteiger partial charge in [-0.15, -0.1) is 0 Å². The van der Waals surface area contributed by atoms with Crippen LogP contribution in [0.3, 0.4) is 0 Å². The lowest BCUT2D eigenvalue weighted by Crippen LogP contribution is -1.92. The Labute approximate surface area is 101 Å². The summed E-state index contributed by atoms with van der Waals surface area (Å²) in [5.41, 5.74) is 10.2. The molecule has 104 valence electrons. The molecule has 0 saturated carbocycles. The number of aromatic nitrogens is 2. The van der Waals surface area contributed by atoms with Crippen molar-refractivity contribution in [3.8, 4) is 11.8 Å². The third-order valence-corrected chi connectivity index (χ3v) is 1.50. The van der Waals surface area contributed by atoms with Crippen molar-refractivity contribution in [3.05, 3.63) is 23.7 Å². The number of hydrogen-bond acceptors (Lipinski definition) is 8. The topological polar surface area (TPSA) is 208 Å². The van der Waals surface area contributed by atoms with Gasteiger partial charge in [-0.1, -0.05) is 0 Å². The van der Waals surface area contributed by atoms with Crippen molar-refractivity contribution in [2.24, 2.45) is 11.5 Å². The van der Waals surface area contributed by atoms with Crippen molar-refractivity contribution < 1.29 is 30.2 Å². The van der Waals surface area contributed by atoms with Crippen LogP contribution in [0.15, 0.2) is 21.2 Å². The van der Waals surface area contributed by atoms with E-state index >= 15 is 0 Å². The Morgan fingerprint density at radius 3 is 1.33 bits per heavy atom. The Morgan fingerprint density at radius 2 is 1.22 bits per heavy atom. The largest absolute Gasteiger partial charge is 0.491 e. The van der Waals surface area contributed by atoms with Gasteiger partial charge >= 0.3 is 0 Å². The first-order valence-electron chi connectivity index (χ1n) is 4.35. The van der Waals surface area contributed by atoms with Crippen molar-refractivity contribution >= 4 is 0 Å². The zero-order valence-electron chi connectivity index (χ0n) is 9.33. The lowest BCUT2D eigenvalue weighted by Gasteiger charge is -1.76. The molecule has 0 fully saturated rings. The molecule has 0 aliphatic rings. The highest BCUT2D eigenvalue weighted by Crippen LogP contribution is 2.07. The van der Waals surface area contributed by atoms with E-state index in [4.69, 9.17) is 21.7 Å². The van der Waals surface area contributed by atoms with E-state index in [9.17, 15) is 0 Å². The summed E-state index contributed by atoms with van der Waals surface area (Å²) in [7, 11) is 0. The molecule has 0 radical (unpaired) electrons. The Hall–Kier alpha value is -2.14. The van der Waals surface area contributed by atoms with Gasteiger partial charge in [0.05, 0.1) is 13.1 Å². The lowest BCUT2D eigenvalue weighted by atomic mass is 10.5. The second kappa shape index (κ2) is 8.95. The van der Waals surface area contributed by atoms with Crippen LogP contribution >= 0.6 is 0 Å². The normalized spacial score (nSPS) is 8.56. The molecule has 0 amide bonds. The Kier molecular flexibility index (Phi) is 9.06. The number of rotatable bonds is 2. The predicted octanol–water partition coefficient (Wildman–Crippen LogP) is -1.97. The smallest absolute Gasteiger partial charge is 0.251 e. The van der Waals surface area contributed by atoms with Crippen LogP contribution in [-0.4, -0.2) is 31.5 Å². The van der Waals surface area contributed by atoms with Gasteiger partial charge in [-0.2, -0.15) is 0 Å². The van der Waals surface area contributed by atoms with Gasteiger partial charge in [0.25, 0.3) is 11.8 Å². The highest BCUT2D eigenvalue weighted by Gasteiger charge is 1.97. The molecule has 0 unspecified atom stereocenters. The van der Waals surface area contributed by atoms with E-state index in [1.54, 1.807) is 0 Å². The summed E-state index contributed by atoms with van der Waals surface area (Å²) in [6, 6.07) is 2.75.